The smallest absolute Gasteiger partial charge is 0.314 e. The number of amides is 3. The van der Waals surface area contributed by atoms with Gasteiger partial charge >= 0.3 is 6.03 Å². The van der Waals surface area contributed by atoms with Crippen LogP contribution in [0.1, 0.15) is 43.2 Å². The van der Waals surface area contributed by atoms with E-state index in [0.29, 0.717) is 38.4 Å². The molecule has 3 amide bonds. The van der Waals surface area contributed by atoms with Crippen LogP contribution in [0, 0.1) is 5.92 Å². The van der Waals surface area contributed by atoms with Crippen LogP contribution in [-0.2, 0) is 17.9 Å². The summed E-state index contributed by atoms with van der Waals surface area (Å²) in [6, 6.07) is 8.07. The third-order valence-electron chi connectivity index (χ3n) is 4.82. The van der Waals surface area contributed by atoms with Crippen LogP contribution in [0.3, 0.4) is 0 Å². The van der Waals surface area contributed by atoms with Crippen molar-refractivity contribution in [3.05, 3.63) is 35.4 Å². The molecule has 0 spiro atoms. The Balaban J connectivity index is 1.29. The van der Waals surface area contributed by atoms with Crippen LogP contribution < -0.4 is 10.6 Å². The highest BCUT2D eigenvalue weighted by atomic mass is 16.2. The SMILES string of the molecule is O=C(NCCCC(=O)N1Cc2ccccc2C1)NCC1CCC1. The van der Waals surface area contributed by atoms with Crippen LogP contribution in [0.4, 0.5) is 4.79 Å². The first-order chi connectivity index (χ1) is 11.2. The van der Waals surface area contributed by atoms with Crippen LogP contribution in [0.25, 0.3) is 0 Å². The monoisotopic (exact) mass is 315 g/mol. The van der Waals surface area contributed by atoms with Crippen molar-refractivity contribution < 1.29 is 9.59 Å². The van der Waals surface area contributed by atoms with Gasteiger partial charge in [0.1, 0.15) is 0 Å². The zero-order chi connectivity index (χ0) is 16.1. The standard InChI is InChI=1S/C18H25N3O2/c22-17(21-12-15-7-1-2-8-16(15)13-21)9-4-10-19-18(23)20-11-14-5-3-6-14/h1-2,7-8,14H,3-6,9-13H2,(H2,19,20,23). The number of urea groups is 1. The van der Waals surface area contributed by atoms with Crippen molar-refractivity contribution in [3.63, 3.8) is 0 Å². The number of fused-ring (bicyclic) bond motifs is 1. The second-order valence-corrected chi connectivity index (χ2v) is 6.56. The Morgan fingerprint density at radius 2 is 1.78 bits per heavy atom. The summed E-state index contributed by atoms with van der Waals surface area (Å²) in [6.45, 7) is 2.74. The molecule has 1 fully saturated rings. The average Bonchev–Trinajstić information content (AvgIpc) is 2.94. The molecule has 1 aromatic rings. The molecule has 0 unspecified atom stereocenters. The summed E-state index contributed by atoms with van der Waals surface area (Å²) in [5.41, 5.74) is 2.49. The van der Waals surface area contributed by atoms with Crippen LogP contribution in [0.15, 0.2) is 24.3 Å². The molecule has 1 aromatic carbocycles. The lowest BCUT2D eigenvalue weighted by molar-refractivity contribution is -0.131. The molecule has 2 aliphatic rings. The second kappa shape index (κ2) is 7.49. The predicted molar refractivity (Wildman–Crippen MR) is 88.7 cm³/mol. The molecule has 1 aliphatic heterocycles. The van der Waals surface area contributed by atoms with Gasteiger partial charge < -0.3 is 15.5 Å². The van der Waals surface area contributed by atoms with Gasteiger partial charge in [0.2, 0.25) is 5.91 Å². The molecule has 0 atom stereocenters. The lowest BCUT2D eigenvalue weighted by Gasteiger charge is -2.25. The highest BCUT2D eigenvalue weighted by Crippen LogP contribution is 2.25. The molecule has 0 bridgehead atoms. The highest BCUT2D eigenvalue weighted by Gasteiger charge is 2.22. The maximum Gasteiger partial charge on any atom is 0.314 e. The van der Waals surface area contributed by atoms with Crippen molar-refractivity contribution in [2.45, 2.75) is 45.2 Å². The fourth-order valence-electron chi connectivity index (χ4n) is 3.11. The second-order valence-electron chi connectivity index (χ2n) is 6.56. The third-order valence-corrected chi connectivity index (χ3v) is 4.82. The number of nitrogens with one attached hydrogen (secondary N) is 2. The molecule has 5 heteroatoms. The van der Waals surface area contributed by atoms with Gasteiger partial charge in [-0.25, -0.2) is 4.79 Å². The molecule has 1 aliphatic carbocycles. The third kappa shape index (κ3) is 4.24. The fourth-order valence-corrected chi connectivity index (χ4v) is 3.11. The summed E-state index contributed by atoms with van der Waals surface area (Å²) >= 11 is 0. The van der Waals surface area contributed by atoms with E-state index in [2.05, 4.69) is 22.8 Å². The normalized spacial score (nSPS) is 16.6. The zero-order valence-corrected chi connectivity index (χ0v) is 13.5. The van der Waals surface area contributed by atoms with Gasteiger partial charge in [-0.15, -0.1) is 0 Å². The molecular weight excluding hydrogens is 290 g/mol. The molecule has 3 rings (SSSR count). The summed E-state index contributed by atoms with van der Waals surface area (Å²) in [5, 5.41) is 5.72. The minimum absolute atomic E-state index is 0.113. The van der Waals surface area contributed by atoms with Gasteiger partial charge in [0.05, 0.1) is 0 Å². The van der Waals surface area contributed by atoms with Crippen LogP contribution in [-0.4, -0.2) is 29.9 Å². The number of benzene rings is 1. The minimum atomic E-state index is -0.113. The molecular formula is C18H25N3O2. The molecule has 1 saturated carbocycles. The molecule has 124 valence electrons. The van der Waals surface area contributed by atoms with Crippen molar-refractivity contribution in [2.24, 2.45) is 5.92 Å². The van der Waals surface area contributed by atoms with Crippen LogP contribution in [0.5, 0.6) is 0 Å². The van der Waals surface area contributed by atoms with Gasteiger partial charge in [-0.1, -0.05) is 30.7 Å². The lowest BCUT2D eigenvalue weighted by atomic mass is 9.85. The molecule has 5 nitrogen and oxygen atoms in total. The zero-order valence-electron chi connectivity index (χ0n) is 13.5. The molecule has 0 radical (unpaired) electrons. The average molecular weight is 315 g/mol. The van der Waals surface area contributed by atoms with Gasteiger partial charge in [-0.3, -0.25) is 4.79 Å². The summed E-state index contributed by atoms with van der Waals surface area (Å²) in [5.74, 6) is 0.831. The summed E-state index contributed by atoms with van der Waals surface area (Å²) in [7, 11) is 0. The van der Waals surface area contributed by atoms with E-state index >= 15 is 0 Å². The highest BCUT2D eigenvalue weighted by molar-refractivity contribution is 5.77. The molecule has 0 aromatic heterocycles. The number of carbonyl (C=O) groups excluding carboxylic acids is 2. The van der Waals surface area contributed by atoms with Crippen molar-refractivity contribution in [2.75, 3.05) is 13.1 Å². The van der Waals surface area contributed by atoms with Crippen molar-refractivity contribution >= 4 is 11.9 Å². The summed E-state index contributed by atoms with van der Waals surface area (Å²) in [6.07, 6.45) is 4.91. The van der Waals surface area contributed by atoms with E-state index < -0.39 is 0 Å². The maximum absolute atomic E-state index is 12.2. The Morgan fingerprint density at radius 3 is 2.39 bits per heavy atom. The Hall–Kier alpha value is -2.04. The quantitative estimate of drug-likeness (QED) is 0.792. The van der Waals surface area contributed by atoms with Gasteiger partial charge in [0, 0.05) is 32.6 Å². The van der Waals surface area contributed by atoms with Gasteiger partial charge in [-0.05, 0) is 36.3 Å². The maximum atomic E-state index is 12.2. The minimum Gasteiger partial charge on any atom is -0.338 e. The molecule has 1 heterocycles. The van der Waals surface area contributed by atoms with Crippen molar-refractivity contribution in [1.82, 2.24) is 15.5 Å². The van der Waals surface area contributed by atoms with E-state index in [9.17, 15) is 9.59 Å². The predicted octanol–water partition coefficient (Wildman–Crippen LogP) is 2.41. The summed E-state index contributed by atoms with van der Waals surface area (Å²) in [4.78, 5) is 25.7. The van der Waals surface area contributed by atoms with Crippen LogP contribution in [0.2, 0.25) is 0 Å². The Morgan fingerprint density at radius 1 is 1.09 bits per heavy atom. The van der Waals surface area contributed by atoms with E-state index in [1.54, 1.807) is 0 Å². The first-order valence-electron chi connectivity index (χ1n) is 8.58. The Labute approximate surface area is 137 Å². The van der Waals surface area contributed by atoms with E-state index in [1.165, 1.54) is 30.4 Å². The molecule has 0 saturated heterocycles. The summed E-state index contributed by atoms with van der Waals surface area (Å²) < 4.78 is 0. The first-order valence-corrected chi connectivity index (χ1v) is 8.58. The molecule has 2 N–H and O–H groups in total. The van der Waals surface area contributed by atoms with E-state index in [0.717, 1.165) is 6.54 Å². The molecule has 23 heavy (non-hydrogen) atoms. The van der Waals surface area contributed by atoms with E-state index in [4.69, 9.17) is 0 Å². The van der Waals surface area contributed by atoms with E-state index in [-0.39, 0.29) is 11.9 Å². The van der Waals surface area contributed by atoms with Gasteiger partial charge in [0.15, 0.2) is 0 Å². The lowest BCUT2D eigenvalue weighted by Crippen LogP contribution is -2.40. The number of nitrogens with zero attached hydrogens (tertiary/aromatic N) is 1. The number of carbonyl (C=O) groups is 2. The number of hydrogen-bond acceptors (Lipinski definition) is 2. The Bertz CT molecular complexity index is 544. The van der Waals surface area contributed by atoms with E-state index in [1.807, 2.05) is 17.0 Å². The van der Waals surface area contributed by atoms with Crippen molar-refractivity contribution in [3.8, 4) is 0 Å². The Kier molecular flexibility index (Phi) is 5.16. The van der Waals surface area contributed by atoms with Gasteiger partial charge in [0.25, 0.3) is 0 Å². The largest absolute Gasteiger partial charge is 0.338 e. The number of rotatable bonds is 6. The number of hydrogen-bond donors (Lipinski definition) is 2. The van der Waals surface area contributed by atoms with Crippen LogP contribution >= 0.6 is 0 Å². The topological polar surface area (TPSA) is 61.4 Å². The van der Waals surface area contributed by atoms with Crippen molar-refractivity contribution in [1.29, 1.82) is 0 Å². The first kappa shape index (κ1) is 15.8. The fraction of sp³-hybridized carbons (Fsp3) is 0.556. The van der Waals surface area contributed by atoms with Gasteiger partial charge in [-0.2, -0.15) is 0 Å².